The molecule has 2 rings (SSSR count). The Morgan fingerprint density at radius 2 is 1.81 bits per heavy atom. The normalized spacial score (nSPS) is 26.1. The molecular weight excluding hydrogens is 216 g/mol. The predicted octanol–water partition coefficient (Wildman–Crippen LogP) is 2.20. The van der Waals surface area contributed by atoms with E-state index in [1.807, 2.05) is 0 Å². The molecule has 0 aliphatic carbocycles. The molecule has 0 spiro atoms. The summed E-state index contributed by atoms with van der Waals surface area (Å²) in [7, 11) is 0. The zero-order valence-electron chi connectivity index (χ0n) is 10.6. The summed E-state index contributed by atoms with van der Waals surface area (Å²) in [6, 6.07) is 0.803. The maximum absolute atomic E-state index is 3.80. The number of nitrogens with zero attached hydrogens (tertiary/aromatic N) is 1. The van der Waals surface area contributed by atoms with Gasteiger partial charge >= 0.3 is 0 Å². The van der Waals surface area contributed by atoms with Crippen molar-refractivity contribution in [1.82, 2.24) is 10.2 Å². The SMILES string of the molecule is CCN1CCC(NCC2CCSCC2)CC1. The highest BCUT2D eigenvalue weighted by molar-refractivity contribution is 7.99. The van der Waals surface area contributed by atoms with Gasteiger partial charge in [0, 0.05) is 6.04 Å². The minimum Gasteiger partial charge on any atom is -0.314 e. The molecule has 3 heteroatoms. The molecule has 2 saturated heterocycles. The van der Waals surface area contributed by atoms with Crippen LogP contribution in [0.25, 0.3) is 0 Å². The van der Waals surface area contributed by atoms with E-state index in [1.54, 1.807) is 0 Å². The molecule has 0 bridgehead atoms. The van der Waals surface area contributed by atoms with E-state index in [0.717, 1.165) is 12.0 Å². The summed E-state index contributed by atoms with van der Waals surface area (Å²) in [6.07, 6.45) is 5.58. The molecule has 2 aliphatic heterocycles. The summed E-state index contributed by atoms with van der Waals surface area (Å²) in [6.45, 7) is 7.38. The molecule has 0 radical (unpaired) electrons. The minimum absolute atomic E-state index is 0.803. The van der Waals surface area contributed by atoms with E-state index in [0.29, 0.717) is 0 Å². The van der Waals surface area contributed by atoms with Gasteiger partial charge in [-0.3, -0.25) is 0 Å². The highest BCUT2D eigenvalue weighted by atomic mass is 32.2. The highest BCUT2D eigenvalue weighted by Crippen LogP contribution is 2.22. The van der Waals surface area contributed by atoms with Crippen LogP contribution in [-0.2, 0) is 0 Å². The molecule has 0 aromatic heterocycles. The molecule has 0 atom stereocenters. The van der Waals surface area contributed by atoms with Crippen molar-refractivity contribution in [3.05, 3.63) is 0 Å². The Morgan fingerprint density at radius 1 is 1.12 bits per heavy atom. The van der Waals surface area contributed by atoms with Gasteiger partial charge in [0.15, 0.2) is 0 Å². The fourth-order valence-corrected chi connectivity index (χ4v) is 3.94. The van der Waals surface area contributed by atoms with Gasteiger partial charge in [0.1, 0.15) is 0 Å². The number of piperidine rings is 1. The van der Waals surface area contributed by atoms with Gasteiger partial charge in [-0.05, 0) is 69.3 Å². The van der Waals surface area contributed by atoms with Gasteiger partial charge in [0.25, 0.3) is 0 Å². The van der Waals surface area contributed by atoms with Crippen LogP contribution in [0.1, 0.15) is 32.6 Å². The van der Waals surface area contributed by atoms with Crippen LogP contribution in [0.5, 0.6) is 0 Å². The Morgan fingerprint density at radius 3 is 2.44 bits per heavy atom. The molecule has 0 saturated carbocycles. The molecule has 2 fully saturated rings. The third-order valence-electron chi connectivity index (χ3n) is 4.07. The van der Waals surface area contributed by atoms with Crippen LogP contribution in [0.3, 0.4) is 0 Å². The minimum atomic E-state index is 0.803. The van der Waals surface area contributed by atoms with Gasteiger partial charge in [-0.2, -0.15) is 11.8 Å². The lowest BCUT2D eigenvalue weighted by Crippen LogP contribution is -2.44. The van der Waals surface area contributed by atoms with Gasteiger partial charge in [0.2, 0.25) is 0 Å². The quantitative estimate of drug-likeness (QED) is 0.814. The molecule has 0 amide bonds. The number of hydrogen-bond acceptors (Lipinski definition) is 3. The Labute approximate surface area is 105 Å². The Kier molecular flexibility index (Phi) is 5.46. The van der Waals surface area contributed by atoms with E-state index in [2.05, 4.69) is 28.9 Å². The Hall–Kier alpha value is 0.270. The van der Waals surface area contributed by atoms with Crippen molar-refractivity contribution in [2.24, 2.45) is 5.92 Å². The lowest BCUT2D eigenvalue weighted by atomic mass is 10.0. The third kappa shape index (κ3) is 3.94. The van der Waals surface area contributed by atoms with Crippen LogP contribution >= 0.6 is 11.8 Å². The first kappa shape index (κ1) is 12.7. The molecular formula is C13H26N2S. The molecule has 2 heterocycles. The maximum Gasteiger partial charge on any atom is 0.00915 e. The van der Waals surface area contributed by atoms with E-state index in [9.17, 15) is 0 Å². The maximum atomic E-state index is 3.80. The van der Waals surface area contributed by atoms with E-state index in [1.165, 1.54) is 63.4 Å². The number of nitrogens with one attached hydrogen (secondary N) is 1. The van der Waals surface area contributed by atoms with Crippen LogP contribution in [0.15, 0.2) is 0 Å². The second-order valence-electron chi connectivity index (χ2n) is 5.17. The topological polar surface area (TPSA) is 15.3 Å². The van der Waals surface area contributed by atoms with E-state index in [4.69, 9.17) is 0 Å². The van der Waals surface area contributed by atoms with Crippen LogP contribution in [0.4, 0.5) is 0 Å². The zero-order valence-corrected chi connectivity index (χ0v) is 11.4. The third-order valence-corrected chi connectivity index (χ3v) is 5.12. The Balaban J connectivity index is 1.59. The standard InChI is InChI=1S/C13H26N2S/c1-2-15-7-3-13(4-8-15)14-11-12-5-9-16-10-6-12/h12-14H,2-11H2,1H3. The van der Waals surface area contributed by atoms with Gasteiger partial charge < -0.3 is 10.2 Å². The summed E-state index contributed by atoms with van der Waals surface area (Å²) < 4.78 is 0. The van der Waals surface area contributed by atoms with Crippen molar-refractivity contribution in [3.8, 4) is 0 Å². The zero-order chi connectivity index (χ0) is 11.2. The van der Waals surface area contributed by atoms with E-state index >= 15 is 0 Å². The van der Waals surface area contributed by atoms with Crippen molar-refractivity contribution >= 4 is 11.8 Å². The molecule has 94 valence electrons. The Bertz CT molecular complexity index is 184. The average molecular weight is 242 g/mol. The molecule has 0 aromatic carbocycles. The van der Waals surface area contributed by atoms with Crippen LogP contribution in [0.2, 0.25) is 0 Å². The van der Waals surface area contributed by atoms with Crippen LogP contribution < -0.4 is 5.32 Å². The largest absolute Gasteiger partial charge is 0.314 e. The average Bonchev–Trinajstić information content (AvgIpc) is 2.38. The number of rotatable bonds is 4. The molecule has 0 aromatic rings. The first-order valence-electron chi connectivity index (χ1n) is 6.92. The van der Waals surface area contributed by atoms with Crippen LogP contribution in [-0.4, -0.2) is 48.6 Å². The van der Waals surface area contributed by atoms with E-state index < -0.39 is 0 Å². The van der Waals surface area contributed by atoms with Crippen molar-refractivity contribution in [2.45, 2.75) is 38.6 Å². The fraction of sp³-hybridized carbons (Fsp3) is 1.00. The lowest BCUT2D eigenvalue weighted by Gasteiger charge is -2.33. The van der Waals surface area contributed by atoms with Crippen molar-refractivity contribution < 1.29 is 0 Å². The summed E-state index contributed by atoms with van der Waals surface area (Å²) in [5.74, 6) is 3.74. The summed E-state index contributed by atoms with van der Waals surface area (Å²) in [5, 5.41) is 3.80. The van der Waals surface area contributed by atoms with Gasteiger partial charge in [0.05, 0.1) is 0 Å². The first-order valence-corrected chi connectivity index (χ1v) is 8.07. The molecule has 2 aliphatic rings. The second-order valence-corrected chi connectivity index (χ2v) is 6.40. The summed E-state index contributed by atoms with van der Waals surface area (Å²) >= 11 is 2.13. The molecule has 16 heavy (non-hydrogen) atoms. The van der Waals surface area contributed by atoms with Gasteiger partial charge in [-0.25, -0.2) is 0 Å². The molecule has 2 nitrogen and oxygen atoms in total. The number of hydrogen-bond donors (Lipinski definition) is 1. The molecule has 0 unspecified atom stereocenters. The first-order chi connectivity index (χ1) is 7.88. The smallest absolute Gasteiger partial charge is 0.00915 e. The molecule has 1 N–H and O–H groups in total. The summed E-state index contributed by atoms with van der Waals surface area (Å²) in [5.41, 5.74) is 0. The highest BCUT2D eigenvalue weighted by Gasteiger charge is 2.19. The van der Waals surface area contributed by atoms with E-state index in [-0.39, 0.29) is 0 Å². The second kappa shape index (κ2) is 6.87. The van der Waals surface area contributed by atoms with Crippen LogP contribution in [0, 0.1) is 5.92 Å². The van der Waals surface area contributed by atoms with Gasteiger partial charge in [-0.15, -0.1) is 0 Å². The van der Waals surface area contributed by atoms with Gasteiger partial charge in [-0.1, -0.05) is 6.92 Å². The van der Waals surface area contributed by atoms with Crippen molar-refractivity contribution in [3.63, 3.8) is 0 Å². The predicted molar refractivity (Wildman–Crippen MR) is 73.2 cm³/mol. The van der Waals surface area contributed by atoms with Crippen molar-refractivity contribution in [2.75, 3.05) is 37.7 Å². The summed E-state index contributed by atoms with van der Waals surface area (Å²) in [4.78, 5) is 2.56. The van der Waals surface area contributed by atoms with Crippen molar-refractivity contribution in [1.29, 1.82) is 0 Å². The lowest BCUT2D eigenvalue weighted by molar-refractivity contribution is 0.202. The fourth-order valence-electron chi connectivity index (χ4n) is 2.74. The number of thioether (sulfide) groups is 1. The number of likely N-dealkylation sites (tertiary alicyclic amines) is 1. The monoisotopic (exact) mass is 242 g/mol.